The Labute approximate surface area is 125 Å². The van der Waals surface area contributed by atoms with E-state index in [4.69, 9.17) is 9.05 Å². The molecule has 1 unspecified atom stereocenters. The first-order valence-electron chi connectivity index (χ1n) is 6.60. The lowest BCUT2D eigenvalue weighted by molar-refractivity contribution is 0.406. The standard InChI is InChI=1S/C14H14N4O2S/c1-3-21-9(2)13-16-14(20-18-13)11-8-12(19-17-11)10-4-6-15-7-5-10/h4-9H,3H2,1-2H3. The Morgan fingerprint density at radius 2 is 2.00 bits per heavy atom. The van der Waals surface area contributed by atoms with E-state index in [0.29, 0.717) is 23.2 Å². The quantitative estimate of drug-likeness (QED) is 0.712. The number of hydrogen-bond donors (Lipinski definition) is 0. The highest BCUT2D eigenvalue weighted by atomic mass is 32.2. The molecule has 0 spiro atoms. The van der Waals surface area contributed by atoms with Crippen LogP contribution < -0.4 is 0 Å². The third-order valence-electron chi connectivity index (χ3n) is 2.92. The van der Waals surface area contributed by atoms with Gasteiger partial charge in [0.2, 0.25) is 0 Å². The molecule has 0 aliphatic rings. The molecule has 1 atom stereocenters. The Balaban J connectivity index is 1.84. The van der Waals surface area contributed by atoms with Crippen LogP contribution in [0.2, 0.25) is 0 Å². The summed E-state index contributed by atoms with van der Waals surface area (Å²) < 4.78 is 10.6. The first-order valence-corrected chi connectivity index (χ1v) is 7.65. The van der Waals surface area contributed by atoms with Crippen molar-refractivity contribution in [1.82, 2.24) is 20.3 Å². The monoisotopic (exact) mass is 302 g/mol. The van der Waals surface area contributed by atoms with Crippen molar-refractivity contribution in [3.05, 3.63) is 36.4 Å². The normalized spacial score (nSPS) is 12.5. The fourth-order valence-corrected chi connectivity index (χ4v) is 2.60. The third-order valence-corrected chi connectivity index (χ3v) is 3.96. The van der Waals surface area contributed by atoms with Gasteiger partial charge in [-0.05, 0) is 24.8 Å². The maximum Gasteiger partial charge on any atom is 0.280 e. The molecule has 0 aliphatic heterocycles. The van der Waals surface area contributed by atoms with Crippen LogP contribution in [0.5, 0.6) is 0 Å². The van der Waals surface area contributed by atoms with Crippen molar-refractivity contribution in [2.75, 3.05) is 5.75 Å². The molecule has 0 fully saturated rings. The molecular formula is C14H14N4O2S. The Hall–Kier alpha value is -2.15. The van der Waals surface area contributed by atoms with Gasteiger partial charge in [-0.3, -0.25) is 4.98 Å². The van der Waals surface area contributed by atoms with Gasteiger partial charge in [0.25, 0.3) is 5.89 Å². The molecule has 0 aromatic carbocycles. The summed E-state index contributed by atoms with van der Waals surface area (Å²) in [5, 5.41) is 8.17. The molecule has 0 saturated heterocycles. The van der Waals surface area contributed by atoms with Crippen LogP contribution in [-0.4, -0.2) is 26.0 Å². The van der Waals surface area contributed by atoms with Gasteiger partial charge in [0.15, 0.2) is 17.3 Å². The number of aromatic nitrogens is 4. The lowest BCUT2D eigenvalue weighted by Crippen LogP contribution is -1.91. The molecule has 3 aromatic heterocycles. The van der Waals surface area contributed by atoms with Crippen molar-refractivity contribution in [3.8, 4) is 22.9 Å². The number of thioether (sulfide) groups is 1. The number of rotatable bonds is 5. The largest absolute Gasteiger partial charge is 0.355 e. The second kappa shape index (κ2) is 6.09. The van der Waals surface area contributed by atoms with Gasteiger partial charge in [-0.15, -0.1) is 0 Å². The number of hydrogen-bond acceptors (Lipinski definition) is 7. The molecule has 7 heteroatoms. The molecule has 0 amide bonds. The van der Waals surface area contributed by atoms with Crippen molar-refractivity contribution in [2.45, 2.75) is 19.1 Å². The van der Waals surface area contributed by atoms with E-state index in [0.717, 1.165) is 11.3 Å². The van der Waals surface area contributed by atoms with Crippen LogP contribution in [0.25, 0.3) is 22.9 Å². The van der Waals surface area contributed by atoms with Crippen LogP contribution >= 0.6 is 11.8 Å². The topological polar surface area (TPSA) is 77.8 Å². The highest BCUT2D eigenvalue weighted by Crippen LogP contribution is 2.29. The van der Waals surface area contributed by atoms with Gasteiger partial charge in [-0.2, -0.15) is 16.7 Å². The van der Waals surface area contributed by atoms with Crippen LogP contribution in [0, 0.1) is 0 Å². The lowest BCUT2D eigenvalue weighted by atomic mass is 10.2. The van der Waals surface area contributed by atoms with Crippen molar-refractivity contribution in [2.24, 2.45) is 0 Å². The van der Waals surface area contributed by atoms with Crippen LogP contribution in [0.4, 0.5) is 0 Å². The van der Waals surface area contributed by atoms with Crippen LogP contribution in [0.3, 0.4) is 0 Å². The van der Waals surface area contributed by atoms with E-state index in [1.807, 2.05) is 19.1 Å². The summed E-state index contributed by atoms with van der Waals surface area (Å²) in [4.78, 5) is 8.34. The molecule has 0 saturated carbocycles. The van der Waals surface area contributed by atoms with Crippen LogP contribution in [0.1, 0.15) is 24.9 Å². The molecule has 0 N–H and O–H groups in total. The van der Waals surface area contributed by atoms with E-state index < -0.39 is 0 Å². The van der Waals surface area contributed by atoms with E-state index >= 15 is 0 Å². The molecule has 0 aliphatic carbocycles. The molecule has 3 aromatic rings. The first-order chi connectivity index (χ1) is 10.3. The maximum absolute atomic E-state index is 5.31. The smallest absolute Gasteiger partial charge is 0.280 e. The first kappa shape index (κ1) is 13.8. The zero-order chi connectivity index (χ0) is 14.7. The zero-order valence-corrected chi connectivity index (χ0v) is 12.5. The van der Waals surface area contributed by atoms with Gasteiger partial charge in [0.1, 0.15) is 0 Å². The Bertz CT molecular complexity index is 711. The molecule has 108 valence electrons. The van der Waals surface area contributed by atoms with E-state index in [-0.39, 0.29) is 5.25 Å². The molecule has 0 bridgehead atoms. The van der Waals surface area contributed by atoms with Gasteiger partial charge < -0.3 is 9.05 Å². The average molecular weight is 302 g/mol. The van der Waals surface area contributed by atoms with Crippen LogP contribution in [0.15, 0.2) is 39.6 Å². The summed E-state index contributed by atoms with van der Waals surface area (Å²) >= 11 is 1.76. The minimum Gasteiger partial charge on any atom is -0.355 e. The SMILES string of the molecule is CCSC(C)c1noc(-c2cc(-c3ccncc3)on2)n1. The third kappa shape index (κ3) is 2.97. The van der Waals surface area contributed by atoms with E-state index in [1.165, 1.54) is 0 Å². The fourth-order valence-electron chi connectivity index (χ4n) is 1.86. The summed E-state index contributed by atoms with van der Waals surface area (Å²) in [6.45, 7) is 4.15. The van der Waals surface area contributed by atoms with Crippen LogP contribution in [-0.2, 0) is 0 Å². The van der Waals surface area contributed by atoms with E-state index in [1.54, 1.807) is 30.2 Å². The molecule has 3 rings (SSSR count). The maximum atomic E-state index is 5.31. The number of nitrogens with zero attached hydrogens (tertiary/aromatic N) is 4. The minimum absolute atomic E-state index is 0.194. The number of pyridine rings is 1. The van der Waals surface area contributed by atoms with Gasteiger partial charge in [0.05, 0.1) is 5.25 Å². The predicted molar refractivity (Wildman–Crippen MR) is 79.6 cm³/mol. The van der Waals surface area contributed by atoms with Gasteiger partial charge in [0, 0.05) is 24.0 Å². The van der Waals surface area contributed by atoms with Crippen molar-refractivity contribution in [1.29, 1.82) is 0 Å². The second-order valence-electron chi connectivity index (χ2n) is 4.37. The minimum atomic E-state index is 0.194. The Morgan fingerprint density at radius 1 is 1.19 bits per heavy atom. The lowest BCUT2D eigenvalue weighted by Gasteiger charge is -2.01. The van der Waals surface area contributed by atoms with E-state index in [2.05, 4.69) is 27.2 Å². The van der Waals surface area contributed by atoms with Crippen molar-refractivity contribution in [3.63, 3.8) is 0 Å². The molecule has 0 radical (unpaired) electrons. The highest BCUT2D eigenvalue weighted by Gasteiger charge is 2.18. The zero-order valence-electron chi connectivity index (χ0n) is 11.7. The van der Waals surface area contributed by atoms with E-state index in [9.17, 15) is 0 Å². The highest BCUT2D eigenvalue weighted by molar-refractivity contribution is 7.99. The molecule has 21 heavy (non-hydrogen) atoms. The summed E-state index contributed by atoms with van der Waals surface area (Å²) in [5.41, 5.74) is 1.44. The van der Waals surface area contributed by atoms with Gasteiger partial charge in [-0.1, -0.05) is 17.2 Å². The summed E-state index contributed by atoms with van der Waals surface area (Å²) in [5.74, 6) is 2.69. The Kier molecular flexibility index (Phi) is 4.01. The fraction of sp³-hybridized carbons (Fsp3) is 0.286. The van der Waals surface area contributed by atoms with Gasteiger partial charge >= 0.3 is 0 Å². The molecule has 3 heterocycles. The average Bonchev–Trinajstić information content (AvgIpc) is 3.17. The predicted octanol–water partition coefficient (Wildman–Crippen LogP) is 3.60. The summed E-state index contributed by atoms with van der Waals surface area (Å²) in [7, 11) is 0. The molecule has 6 nitrogen and oxygen atoms in total. The Morgan fingerprint density at radius 3 is 2.76 bits per heavy atom. The van der Waals surface area contributed by atoms with Crippen molar-refractivity contribution >= 4 is 11.8 Å². The summed E-state index contributed by atoms with van der Waals surface area (Å²) in [6, 6.07) is 5.48. The van der Waals surface area contributed by atoms with Gasteiger partial charge in [-0.25, -0.2) is 0 Å². The van der Waals surface area contributed by atoms with Crippen molar-refractivity contribution < 1.29 is 9.05 Å². The second-order valence-corrected chi connectivity index (χ2v) is 5.99. The molecular weight excluding hydrogens is 288 g/mol. The summed E-state index contributed by atoms with van der Waals surface area (Å²) in [6.07, 6.45) is 3.40.